The molecule has 0 bridgehead atoms. The molecular weight excluding hydrogens is 348 g/mol. The fourth-order valence-electron chi connectivity index (χ4n) is 3.32. The Kier molecular flexibility index (Phi) is 9.04. The Hall–Kier alpha value is -2.18. The van der Waals surface area contributed by atoms with Crippen molar-refractivity contribution in [2.24, 2.45) is 0 Å². The number of anilines is 2. The van der Waals surface area contributed by atoms with E-state index < -0.39 is 0 Å². The Bertz CT molecular complexity index is 626. The smallest absolute Gasteiger partial charge is 0.0371 e. The van der Waals surface area contributed by atoms with Gasteiger partial charge in [0.15, 0.2) is 0 Å². The first-order valence-electron chi connectivity index (χ1n) is 10.6. The van der Waals surface area contributed by atoms with Gasteiger partial charge in [0.1, 0.15) is 0 Å². The van der Waals surface area contributed by atoms with Gasteiger partial charge in [-0.05, 0) is 49.9 Å². The van der Waals surface area contributed by atoms with Crippen LogP contribution >= 0.6 is 0 Å². The van der Waals surface area contributed by atoms with E-state index in [2.05, 4.69) is 31.2 Å². The van der Waals surface area contributed by atoms with E-state index in [9.17, 15) is 0 Å². The molecule has 2 aliphatic carbocycles. The van der Waals surface area contributed by atoms with Crippen molar-refractivity contribution >= 4 is 11.4 Å². The number of nitrogens with one attached hydrogen (secondary N) is 4. The molecule has 6 heteroatoms. The molecule has 0 saturated heterocycles. The topological polar surface area (TPSA) is 73.9 Å². The molecule has 2 heterocycles. The fourth-order valence-corrected chi connectivity index (χ4v) is 3.32. The van der Waals surface area contributed by atoms with Crippen LogP contribution in [-0.2, 0) is 0 Å². The molecule has 2 saturated carbocycles. The summed E-state index contributed by atoms with van der Waals surface area (Å²) in [6, 6.07) is 9.53. The molecule has 4 N–H and O–H groups in total. The van der Waals surface area contributed by atoms with Gasteiger partial charge in [0.05, 0.1) is 0 Å². The highest BCUT2D eigenvalue weighted by atomic mass is 15.0. The van der Waals surface area contributed by atoms with E-state index in [0.29, 0.717) is 0 Å². The van der Waals surface area contributed by atoms with E-state index in [-0.39, 0.29) is 0 Å². The molecule has 0 radical (unpaired) electrons. The molecule has 0 unspecified atom stereocenters. The number of pyridine rings is 2. The van der Waals surface area contributed by atoms with Crippen LogP contribution in [0.1, 0.15) is 38.5 Å². The molecule has 152 valence electrons. The highest BCUT2D eigenvalue weighted by molar-refractivity contribution is 5.41. The maximum absolute atomic E-state index is 3.98. The normalized spacial score (nSPS) is 16.3. The molecular formula is C22H34N6. The summed E-state index contributed by atoms with van der Waals surface area (Å²) < 4.78 is 0. The van der Waals surface area contributed by atoms with E-state index >= 15 is 0 Å². The third-order valence-electron chi connectivity index (χ3n) is 5.07. The number of nitrogens with zero attached hydrogens (tertiary/aromatic N) is 2. The van der Waals surface area contributed by atoms with Crippen LogP contribution in [0.2, 0.25) is 0 Å². The van der Waals surface area contributed by atoms with Crippen LogP contribution in [0, 0.1) is 0 Å². The first-order valence-corrected chi connectivity index (χ1v) is 10.6. The summed E-state index contributed by atoms with van der Waals surface area (Å²) in [5.41, 5.74) is 2.30. The summed E-state index contributed by atoms with van der Waals surface area (Å²) in [5, 5.41) is 13.7. The van der Waals surface area contributed by atoms with Gasteiger partial charge in [0, 0.05) is 74.4 Å². The molecule has 2 aromatic rings. The summed E-state index contributed by atoms with van der Waals surface area (Å²) in [7, 11) is 0. The maximum atomic E-state index is 3.98. The van der Waals surface area contributed by atoms with Crippen LogP contribution in [0.5, 0.6) is 0 Å². The Morgan fingerprint density at radius 3 is 1.46 bits per heavy atom. The molecule has 28 heavy (non-hydrogen) atoms. The Labute approximate surface area is 169 Å². The second kappa shape index (κ2) is 12.3. The Balaban J connectivity index is 0.000000162. The third-order valence-corrected chi connectivity index (χ3v) is 5.07. The highest BCUT2D eigenvalue weighted by Gasteiger charge is 2.19. The predicted octanol–water partition coefficient (Wildman–Crippen LogP) is 3.27. The molecule has 0 spiro atoms. The molecule has 2 aromatic heterocycles. The zero-order valence-corrected chi connectivity index (χ0v) is 16.7. The molecule has 6 nitrogen and oxygen atoms in total. The SMILES string of the molecule is c1cc(NCCNC2CC2)ccn1.c1cc(NCCNC2CCCC2)ccn1. The van der Waals surface area contributed by atoms with Gasteiger partial charge in [0.25, 0.3) is 0 Å². The lowest BCUT2D eigenvalue weighted by atomic mass is 10.2. The number of aromatic nitrogens is 2. The summed E-state index contributed by atoms with van der Waals surface area (Å²) in [4.78, 5) is 7.94. The van der Waals surface area contributed by atoms with E-state index in [0.717, 1.165) is 49.6 Å². The van der Waals surface area contributed by atoms with Crippen molar-refractivity contribution in [3.63, 3.8) is 0 Å². The van der Waals surface area contributed by atoms with Crippen LogP contribution in [0.3, 0.4) is 0 Å². The van der Waals surface area contributed by atoms with Crippen LogP contribution < -0.4 is 21.3 Å². The standard InChI is InChI=1S/C12H19N3.C10H15N3/c1-2-4-11(3-1)14-9-10-15-12-5-7-13-8-6-12;1-2-9(1)12-7-8-13-10-3-5-11-6-4-10/h5-8,11,14H,1-4,9-10H2,(H,13,15);3-6,9,12H,1-2,7-8H2,(H,11,13). The monoisotopic (exact) mass is 382 g/mol. The van der Waals surface area contributed by atoms with E-state index in [4.69, 9.17) is 0 Å². The molecule has 4 rings (SSSR count). The van der Waals surface area contributed by atoms with E-state index in [1.54, 1.807) is 12.4 Å². The van der Waals surface area contributed by atoms with Gasteiger partial charge in [-0.15, -0.1) is 0 Å². The molecule has 2 fully saturated rings. The minimum absolute atomic E-state index is 0.768. The lowest BCUT2D eigenvalue weighted by Gasteiger charge is -2.12. The zero-order valence-electron chi connectivity index (χ0n) is 16.7. The minimum Gasteiger partial charge on any atom is -0.384 e. The Morgan fingerprint density at radius 2 is 1.04 bits per heavy atom. The van der Waals surface area contributed by atoms with Gasteiger partial charge >= 0.3 is 0 Å². The van der Waals surface area contributed by atoms with Crippen molar-refractivity contribution in [2.45, 2.75) is 50.6 Å². The van der Waals surface area contributed by atoms with E-state index in [1.807, 2.05) is 36.7 Å². The second-order valence-electron chi connectivity index (χ2n) is 7.49. The lowest BCUT2D eigenvalue weighted by Crippen LogP contribution is -2.30. The van der Waals surface area contributed by atoms with Crippen molar-refractivity contribution in [1.29, 1.82) is 0 Å². The third kappa shape index (κ3) is 8.67. The summed E-state index contributed by atoms with van der Waals surface area (Å²) in [6.45, 7) is 4.07. The second-order valence-corrected chi connectivity index (χ2v) is 7.49. The summed E-state index contributed by atoms with van der Waals surface area (Å²) in [6.07, 6.45) is 15.5. The van der Waals surface area contributed by atoms with Gasteiger partial charge in [-0.25, -0.2) is 0 Å². The maximum Gasteiger partial charge on any atom is 0.0371 e. The minimum atomic E-state index is 0.768. The molecule has 0 aromatic carbocycles. The van der Waals surface area contributed by atoms with E-state index in [1.165, 1.54) is 38.5 Å². The molecule has 2 aliphatic rings. The number of rotatable bonds is 10. The predicted molar refractivity (Wildman–Crippen MR) is 117 cm³/mol. The van der Waals surface area contributed by atoms with Crippen molar-refractivity contribution in [1.82, 2.24) is 20.6 Å². The first kappa shape index (κ1) is 20.6. The van der Waals surface area contributed by atoms with Crippen LogP contribution in [-0.4, -0.2) is 48.2 Å². The largest absolute Gasteiger partial charge is 0.384 e. The zero-order chi connectivity index (χ0) is 19.3. The van der Waals surface area contributed by atoms with Crippen LogP contribution in [0.15, 0.2) is 49.1 Å². The highest BCUT2D eigenvalue weighted by Crippen LogP contribution is 2.18. The molecule has 0 atom stereocenters. The van der Waals surface area contributed by atoms with Crippen LogP contribution in [0.4, 0.5) is 11.4 Å². The first-order chi connectivity index (χ1) is 13.9. The molecule has 0 amide bonds. The average Bonchev–Trinajstić information content (AvgIpc) is 3.43. The van der Waals surface area contributed by atoms with Gasteiger partial charge in [-0.1, -0.05) is 12.8 Å². The van der Waals surface area contributed by atoms with Crippen molar-refractivity contribution < 1.29 is 0 Å². The van der Waals surface area contributed by atoms with Crippen LogP contribution in [0.25, 0.3) is 0 Å². The number of hydrogen-bond acceptors (Lipinski definition) is 6. The van der Waals surface area contributed by atoms with Gasteiger partial charge in [-0.2, -0.15) is 0 Å². The fraction of sp³-hybridized carbons (Fsp3) is 0.545. The summed E-state index contributed by atoms with van der Waals surface area (Å²) >= 11 is 0. The van der Waals surface area contributed by atoms with Gasteiger partial charge < -0.3 is 21.3 Å². The van der Waals surface area contributed by atoms with Gasteiger partial charge in [0.2, 0.25) is 0 Å². The lowest BCUT2D eigenvalue weighted by molar-refractivity contribution is 0.536. The van der Waals surface area contributed by atoms with Crippen molar-refractivity contribution in [2.75, 3.05) is 36.8 Å². The van der Waals surface area contributed by atoms with Gasteiger partial charge in [-0.3, -0.25) is 9.97 Å². The molecule has 0 aliphatic heterocycles. The van der Waals surface area contributed by atoms with Crippen molar-refractivity contribution in [3.8, 4) is 0 Å². The average molecular weight is 383 g/mol. The quantitative estimate of drug-likeness (QED) is 0.473. The van der Waals surface area contributed by atoms with Crippen molar-refractivity contribution in [3.05, 3.63) is 49.1 Å². The Morgan fingerprint density at radius 1 is 0.607 bits per heavy atom. The summed E-state index contributed by atoms with van der Waals surface area (Å²) in [5.74, 6) is 0. The number of hydrogen-bond donors (Lipinski definition) is 4.